The molecule has 0 saturated heterocycles. The Labute approximate surface area is 109 Å². The number of hydrogen-bond donors (Lipinski definition) is 2. The zero-order chi connectivity index (χ0) is 12.8. The molecule has 2 rings (SSSR count). The smallest absolute Gasteiger partial charge is 0.111 e. The zero-order valence-corrected chi connectivity index (χ0v) is 10.9. The fourth-order valence-electron chi connectivity index (χ4n) is 2.55. The molecule has 0 aromatic heterocycles. The van der Waals surface area contributed by atoms with Gasteiger partial charge in [-0.25, -0.2) is 5.43 Å². The van der Waals surface area contributed by atoms with Crippen LogP contribution in [0.15, 0.2) is 42.2 Å². The van der Waals surface area contributed by atoms with Crippen molar-refractivity contribution in [2.45, 2.75) is 38.1 Å². The van der Waals surface area contributed by atoms with E-state index in [1.807, 2.05) is 6.07 Å². The third kappa shape index (κ3) is 2.92. The van der Waals surface area contributed by atoms with Crippen LogP contribution in [-0.2, 0) is 4.74 Å². The Hall–Kier alpha value is -1.32. The molecule has 0 bridgehead atoms. The highest BCUT2D eigenvalue weighted by Gasteiger charge is 2.26. The summed E-state index contributed by atoms with van der Waals surface area (Å²) in [6.45, 7) is 2.99. The van der Waals surface area contributed by atoms with Crippen LogP contribution >= 0.6 is 0 Å². The predicted octanol–water partition coefficient (Wildman–Crippen LogP) is 2.71. The summed E-state index contributed by atoms with van der Waals surface area (Å²) >= 11 is 0. The van der Waals surface area contributed by atoms with E-state index < -0.39 is 0 Å². The van der Waals surface area contributed by atoms with Crippen molar-refractivity contribution in [2.75, 3.05) is 6.61 Å². The van der Waals surface area contributed by atoms with Crippen LogP contribution in [0.5, 0.6) is 0 Å². The lowest BCUT2D eigenvalue weighted by Gasteiger charge is -2.30. The molecule has 0 aliphatic carbocycles. The van der Waals surface area contributed by atoms with Gasteiger partial charge in [0, 0.05) is 5.92 Å². The number of rotatable bonds is 5. The number of nitrogens with two attached hydrogens (primary N) is 1. The molecule has 3 heteroatoms. The second kappa shape index (κ2) is 6.57. The highest BCUT2D eigenvalue weighted by molar-refractivity contribution is 5.25. The number of benzene rings is 1. The van der Waals surface area contributed by atoms with Gasteiger partial charge in [0.2, 0.25) is 0 Å². The molecule has 1 aliphatic rings. The highest BCUT2D eigenvalue weighted by atomic mass is 16.5. The molecule has 18 heavy (non-hydrogen) atoms. The van der Waals surface area contributed by atoms with Gasteiger partial charge in [-0.2, -0.15) is 0 Å². The zero-order valence-electron chi connectivity index (χ0n) is 10.9. The fourth-order valence-corrected chi connectivity index (χ4v) is 2.55. The summed E-state index contributed by atoms with van der Waals surface area (Å²) in [5.74, 6) is 7.09. The van der Waals surface area contributed by atoms with E-state index >= 15 is 0 Å². The van der Waals surface area contributed by atoms with Gasteiger partial charge in [0.25, 0.3) is 0 Å². The summed E-state index contributed by atoms with van der Waals surface area (Å²) in [6, 6.07) is 10.6. The van der Waals surface area contributed by atoms with Crippen LogP contribution in [0.25, 0.3) is 0 Å². The molecule has 2 unspecified atom stereocenters. The fraction of sp³-hybridized carbons (Fsp3) is 0.467. The molecule has 98 valence electrons. The van der Waals surface area contributed by atoms with Crippen molar-refractivity contribution in [3.8, 4) is 0 Å². The number of nitrogens with one attached hydrogen (secondary N) is 1. The quantitative estimate of drug-likeness (QED) is 0.620. The highest BCUT2D eigenvalue weighted by Crippen LogP contribution is 2.29. The Morgan fingerprint density at radius 2 is 2.11 bits per heavy atom. The molecular weight excluding hydrogens is 224 g/mol. The molecule has 0 amide bonds. The molecule has 0 fully saturated rings. The molecular formula is C15H22N2O. The Bertz CT molecular complexity index is 389. The van der Waals surface area contributed by atoms with Gasteiger partial charge in [0.05, 0.1) is 12.6 Å². The average Bonchev–Trinajstić information content (AvgIpc) is 2.46. The van der Waals surface area contributed by atoms with Crippen molar-refractivity contribution in [1.82, 2.24) is 5.43 Å². The van der Waals surface area contributed by atoms with E-state index in [1.54, 1.807) is 0 Å². The van der Waals surface area contributed by atoms with Crippen LogP contribution in [-0.4, -0.2) is 12.6 Å². The molecule has 0 saturated carbocycles. The minimum absolute atomic E-state index is 0.0673. The van der Waals surface area contributed by atoms with Crippen molar-refractivity contribution < 1.29 is 4.74 Å². The monoisotopic (exact) mass is 246 g/mol. The lowest BCUT2D eigenvalue weighted by molar-refractivity contribution is 0.159. The molecule has 1 aliphatic heterocycles. The summed E-state index contributed by atoms with van der Waals surface area (Å²) in [5, 5.41) is 0. The molecule has 1 heterocycles. The molecule has 1 aromatic carbocycles. The second-order valence-electron chi connectivity index (χ2n) is 4.67. The summed E-state index contributed by atoms with van der Waals surface area (Å²) in [4.78, 5) is 0. The Morgan fingerprint density at radius 3 is 2.67 bits per heavy atom. The van der Waals surface area contributed by atoms with E-state index in [4.69, 9.17) is 10.6 Å². The van der Waals surface area contributed by atoms with Crippen molar-refractivity contribution >= 4 is 0 Å². The first-order valence-electron chi connectivity index (χ1n) is 6.70. The van der Waals surface area contributed by atoms with Crippen molar-refractivity contribution in [1.29, 1.82) is 0 Å². The first-order valence-corrected chi connectivity index (χ1v) is 6.70. The Morgan fingerprint density at radius 1 is 1.33 bits per heavy atom. The molecule has 3 N–H and O–H groups in total. The number of ether oxygens (including phenoxy) is 1. The minimum Gasteiger partial charge on any atom is -0.497 e. The standard InChI is InChI=1S/C15H22N2O/c1-2-13(12-8-4-3-5-9-12)15(17-16)14-10-6-7-11-18-14/h3-5,8-10,13,15,17H,2,6-7,11,16H2,1H3. The minimum atomic E-state index is 0.0673. The predicted molar refractivity (Wildman–Crippen MR) is 73.9 cm³/mol. The normalized spacial score (nSPS) is 18.7. The second-order valence-corrected chi connectivity index (χ2v) is 4.67. The maximum atomic E-state index is 5.75. The number of allylic oxidation sites excluding steroid dienone is 1. The van der Waals surface area contributed by atoms with E-state index in [1.165, 1.54) is 5.56 Å². The van der Waals surface area contributed by atoms with E-state index in [0.717, 1.165) is 31.6 Å². The molecule has 0 spiro atoms. The maximum absolute atomic E-state index is 5.75. The van der Waals surface area contributed by atoms with Crippen LogP contribution in [0.1, 0.15) is 37.7 Å². The topological polar surface area (TPSA) is 47.3 Å². The third-order valence-electron chi connectivity index (χ3n) is 3.52. The molecule has 0 radical (unpaired) electrons. The van der Waals surface area contributed by atoms with Crippen molar-refractivity contribution in [3.05, 3.63) is 47.7 Å². The van der Waals surface area contributed by atoms with Crippen LogP contribution in [0.2, 0.25) is 0 Å². The van der Waals surface area contributed by atoms with Crippen LogP contribution in [0, 0.1) is 0 Å². The van der Waals surface area contributed by atoms with Crippen molar-refractivity contribution in [2.24, 2.45) is 5.84 Å². The lowest BCUT2D eigenvalue weighted by Crippen LogP contribution is -2.42. The largest absolute Gasteiger partial charge is 0.497 e. The van der Waals surface area contributed by atoms with Gasteiger partial charge in [-0.15, -0.1) is 0 Å². The van der Waals surface area contributed by atoms with E-state index in [2.05, 4.69) is 42.7 Å². The van der Waals surface area contributed by atoms with Crippen molar-refractivity contribution in [3.63, 3.8) is 0 Å². The Kier molecular flexibility index (Phi) is 4.79. The first-order chi connectivity index (χ1) is 8.86. The summed E-state index contributed by atoms with van der Waals surface area (Å²) in [7, 11) is 0. The lowest BCUT2D eigenvalue weighted by atomic mass is 9.87. The molecule has 3 nitrogen and oxygen atoms in total. The van der Waals surface area contributed by atoms with E-state index in [0.29, 0.717) is 5.92 Å². The number of hydrogen-bond acceptors (Lipinski definition) is 3. The molecule has 2 atom stereocenters. The SMILES string of the molecule is CCC(c1ccccc1)C(NN)C1=CCCCO1. The average molecular weight is 246 g/mol. The maximum Gasteiger partial charge on any atom is 0.111 e. The van der Waals surface area contributed by atoms with Gasteiger partial charge in [-0.3, -0.25) is 5.84 Å². The summed E-state index contributed by atoms with van der Waals surface area (Å²) < 4.78 is 5.75. The third-order valence-corrected chi connectivity index (χ3v) is 3.52. The van der Waals surface area contributed by atoms with Gasteiger partial charge in [0.1, 0.15) is 5.76 Å². The van der Waals surface area contributed by atoms with Crippen LogP contribution in [0.4, 0.5) is 0 Å². The van der Waals surface area contributed by atoms with Gasteiger partial charge in [-0.05, 0) is 30.9 Å². The summed E-state index contributed by atoms with van der Waals surface area (Å²) in [6.07, 6.45) is 5.38. The summed E-state index contributed by atoms with van der Waals surface area (Å²) in [5.41, 5.74) is 4.23. The van der Waals surface area contributed by atoms with Gasteiger partial charge < -0.3 is 4.74 Å². The van der Waals surface area contributed by atoms with Crippen LogP contribution in [0.3, 0.4) is 0 Å². The van der Waals surface area contributed by atoms with Gasteiger partial charge in [-0.1, -0.05) is 37.3 Å². The first kappa shape index (κ1) is 13.1. The van der Waals surface area contributed by atoms with Gasteiger partial charge >= 0.3 is 0 Å². The van der Waals surface area contributed by atoms with Crippen LogP contribution < -0.4 is 11.3 Å². The van der Waals surface area contributed by atoms with Gasteiger partial charge in [0.15, 0.2) is 0 Å². The molecule has 1 aromatic rings. The van der Waals surface area contributed by atoms with E-state index in [-0.39, 0.29) is 6.04 Å². The van der Waals surface area contributed by atoms with E-state index in [9.17, 15) is 0 Å². The Balaban J connectivity index is 2.21. The number of hydrazine groups is 1.